The second-order valence-electron chi connectivity index (χ2n) is 11.3. The fourth-order valence-corrected chi connectivity index (χ4v) is 4.09. The number of hydrogen-bond acceptors (Lipinski definition) is 6. The van der Waals surface area contributed by atoms with Crippen LogP contribution < -0.4 is 15.4 Å². The summed E-state index contributed by atoms with van der Waals surface area (Å²) in [7, 11) is 0. The van der Waals surface area contributed by atoms with E-state index in [4.69, 9.17) is 19.2 Å². The second-order valence-corrected chi connectivity index (χ2v) is 11.3. The van der Waals surface area contributed by atoms with Crippen LogP contribution >= 0.6 is 0 Å². The molecule has 210 valence electrons. The highest BCUT2D eigenvalue weighted by atomic mass is 19.1. The lowest BCUT2D eigenvalue weighted by Crippen LogP contribution is -2.27. The van der Waals surface area contributed by atoms with Gasteiger partial charge in [0.1, 0.15) is 30.2 Å². The second kappa shape index (κ2) is 11.4. The summed E-state index contributed by atoms with van der Waals surface area (Å²) in [5, 5.41) is 8.12. The van der Waals surface area contributed by atoms with Gasteiger partial charge in [0.25, 0.3) is 0 Å². The average molecular weight is 548 g/mol. The minimum absolute atomic E-state index is 0.0242. The Hall–Kier alpha value is -4.40. The molecule has 0 unspecified atom stereocenters. The first kappa shape index (κ1) is 28.6. The first-order valence-corrected chi connectivity index (χ1v) is 13.0. The van der Waals surface area contributed by atoms with Gasteiger partial charge in [-0.2, -0.15) is 0 Å². The molecular formula is C31H34FN3O5. The average Bonchev–Trinajstić information content (AvgIpc) is 2.84. The summed E-state index contributed by atoms with van der Waals surface area (Å²) >= 11 is 0. The number of amides is 2. The predicted molar refractivity (Wildman–Crippen MR) is 156 cm³/mol. The molecule has 1 heterocycles. The normalized spacial score (nSPS) is 11.8. The summed E-state index contributed by atoms with van der Waals surface area (Å²) < 4.78 is 28.7. The molecule has 0 atom stereocenters. The molecule has 4 aromatic rings. The molecule has 1 aromatic heterocycles. The van der Waals surface area contributed by atoms with E-state index in [1.165, 1.54) is 0 Å². The molecule has 0 aliphatic carbocycles. The van der Waals surface area contributed by atoms with E-state index in [1.54, 1.807) is 71.9 Å². The van der Waals surface area contributed by atoms with E-state index in [-0.39, 0.29) is 6.61 Å². The van der Waals surface area contributed by atoms with Gasteiger partial charge in [0.2, 0.25) is 0 Å². The Balaban J connectivity index is 1.79. The number of benzene rings is 3. The number of fused-ring (bicyclic) bond motifs is 3. The van der Waals surface area contributed by atoms with Crippen LogP contribution in [0.1, 0.15) is 41.5 Å². The van der Waals surface area contributed by atoms with Crippen molar-refractivity contribution in [3.05, 3.63) is 60.7 Å². The summed E-state index contributed by atoms with van der Waals surface area (Å²) in [4.78, 5) is 29.7. The minimum atomic E-state index is -0.638. The number of rotatable bonds is 6. The van der Waals surface area contributed by atoms with Gasteiger partial charge in [-0.1, -0.05) is 12.1 Å². The van der Waals surface area contributed by atoms with Gasteiger partial charge in [0.15, 0.2) is 0 Å². The van der Waals surface area contributed by atoms with Crippen molar-refractivity contribution in [2.75, 3.05) is 23.9 Å². The van der Waals surface area contributed by atoms with E-state index < -0.39 is 30.1 Å². The van der Waals surface area contributed by atoms with Crippen LogP contribution in [0.25, 0.3) is 32.9 Å². The Morgan fingerprint density at radius 2 is 1.30 bits per heavy atom. The van der Waals surface area contributed by atoms with E-state index in [0.29, 0.717) is 28.3 Å². The topological polar surface area (TPSA) is 98.8 Å². The van der Waals surface area contributed by atoms with Crippen LogP contribution in [0.15, 0.2) is 60.7 Å². The quantitative estimate of drug-likeness (QED) is 0.237. The third-order valence-electron chi connectivity index (χ3n) is 5.56. The van der Waals surface area contributed by atoms with Crippen LogP contribution in [0.3, 0.4) is 0 Å². The van der Waals surface area contributed by atoms with Gasteiger partial charge < -0.3 is 14.2 Å². The molecule has 4 rings (SSSR count). The Kier molecular flexibility index (Phi) is 8.13. The molecule has 2 N–H and O–H groups in total. The first-order valence-electron chi connectivity index (χ1n) is 13.0. The summed E-state index contributed by atoms with van der Waals surface area (Å²) in [6.45, 7) is 10.2. The number of carbonyl (C=O) groups excluding carboxylic acids is 2. The number of alkyl halides is 1. The minimum Gasteiger partial charge on any atom is -0.491 e. The third kappa shape index (κ3) is 7.37. The molecule has 8 nitrogen and oxygen atoms in total. The standard InChI is InChI=1S/C31H34FN3O5/c1-30(2,3)39-28(36)33-20-9-13-23-24-14-10-21(34-29(37)40-31(4,5)6)18-26(24)35-27(25(23)17-20)19-7-11-22(12-8-19)38-16-15-32/h7-14,17-18H,15-16H2,1-6H3,(H,33,36)(H,34,37). The molecule has 0 saturated heterocycles. The maximum Gasteiger partial charge on any atom is 0.412 e. The fourth-order valence-electron chi connectivity index (χ4n) is 4.09. The smallest absolute Gasteiger partial charge is 0.412 e. The molecule has 2 amide bonds. The Morgan fingerprint density at radius 1 is 0.750 bits per heavy atom. The highest BCUT2D eigenvalue weighted by molar-refractivity contribution is 6.13. The van der Waals surface area contributed by atoms with Crippen LogP contribution in [0.2, 0.25) is 0 Å². The highest BCUT2D eigenvalue weighted by Crippen LogP contribution is 2.36. The van der Waals surface area contributed by atoms with Gasteiger partial charge in [0, 0.05) is 27.7 Å². The van der Waals surface area contributed by atoms with Crippen molar-refractivity contribution >= 4 is 45.2 Å². The highest BCUT2D eigenvalue weighted by Gasteiger charge is 2.19. The van der Waals surface area contributed by atoms with Crippen molar-refractivity contribution in [1.29, 1.82) is 0 Å². The van der Waals surface area contributed by atoms with Gasteiger partial charge in [0.05, 0.1) is 11.2 Å². The number of aromatic nitrogens is 1. The summed E-state index contributed by atoms with van der Waals surface area (Å²) in [6.07, 6.45) is -1.12. The van der Waals surface area contributed by atoms with Crippen molar-refractivity contribution in [3.63, 3.8) is 0 Å². The molecule has 0 aliphatic rings. The molecule has 9 heteroatoms. The van der Waals surface area contributed by atoms with E-state index >= 15 is 0 Å². The zero-order chi connectivity index (χ0) is 29.1. The number of nitrogens with one attached hydrogen (secondary N) is 2. The van der Waals surface area contributed by atoms with Gasteiger partial charge in [-0.3, -0.25) is 10.6 Å². The van der Waals surface area contributed by atoms with E-state index in [1.807, 2.05) is 30.3 Å². The lowest BCUT2D eigenvalue weighted by atomic mass is 9.99. The monoisotopic (exact) mass is 547 g/mol. The first-order chi connectivity index (χ1) is 18.8. The van der Waals surface area contributed by atoms with Crippen LogP contribution in [0, 0.1) is 0 Å². The number of anilines is 2. The number of pyridine rings is 1. The van der Waals surface area contributed by atoms with Crippen molar-refractivity contribution < 1.29 is 28.2 Å². The van der Waals surface area contributed by atoms with Crippen LogP contribution in [0.4, 0.5) is 25.4 Å². The lowest BCUT2D eigenvalue weighted by Gasteiger charge is -2.20. The third-order valence-corrected chi connectivity index (χ3v) is 5.56. The molecule has 3 aromatic carbocycles. The van der Waals surface area contributed by atoms with Gasteiger partial charge in [-0.05, 0) is 95.5 Å². The zero-order valence-electron chi connectivity index (χ0n) is 23.6. The molecular weight excluding hydrogens is 513 g/mol. The van der Waals surface area contributed by atoms with Gasteiger partial charge >= 0.3 is 12.2 Å². The van der Waals surface area contributed by atoms with Crippen LogP contribution in [0.5, 0.6) is 5.75 Å². The zero-order valence-corrected chi connectivity index (χ0v) is 23.6. The molecule has 0 fully saturated rings. The van der Waals surface area contributed by atoms with Crippen LogP contribution in [-0.2, 0) is 9.47 Å². The fraction of sp³-hybridized carbons (Fsp3) is 0.323. The predicted octanol–water partition coefficient (Wildman–Crippen LogP) is 8.10. The lowest BCUT2D eigenvalue weighted by molar-refractivity contribution is 0.0624. The maximum absolute atomic E-state index is 12.5. The molecule has 0 radical (unpaired) electrons. The van der Waals surface area contributed by atoms with Crippen molar-refractivity contribution in [2.24, 2.45) is 0 Å². The van der Waals surface area contributed by atoms with E-state index in [9.17, 15) is 14.0 Å². The van der Waals surface area contributed by atoms with E-state index in [0.717, 1.165) is 21.7 Å². The number of carbonyl (C=O) groups is 2. The number of ether oxygens (including phenoxy) is 3. The molecule has 0 saturated carbocycles. The van der Waals surface area contributed by atoms with Gasteiger partial charge in [-0.15, -0.1) is 0 Å². The van der Waals surface area contributed by atoms with Gasteiger partial charge in [-0.25, -0.2) is 19.0 Å². The number of halogens is 1. The molecule has 40 heavy (non-hydrogen) atoms. The van der Waals surface area contributed by atoms with Crippen molar-refractivity contribution in [1.82, 2.24) is 4.98 Å². The molecule has 0 bridgehead atoms. The largest absolute Gasteiger partial charge is 0.491 e. The summed E-state index contributed by atoms with van der Waals surface area (Å²) in [5.74, 6) is 0.544. The molecule has 0 spiro atoms. The van der Waals surface area contributed by atoms with Crippen LogP contribution in [-0.4, -0.2) is 41.7 Å². The Morgan fingerprint density at radius 3 is 1.85 bits per heavy atom. The number of nitrogens with zero attached hydrogens (tertiary/aromatic N) is 1. The summed E-state index contributed by atoms with van der Waals surface area (Å²) in [5.41, 5.74) is 1.92. The molecule has 0 aliphatic heterocycles. The van der Waals surface area contributed by atoms with E-state index in [2.05, 4.69) is 10.6 Å². The SMILES string of the molecule is CC(C)(C)OC(=O)Nc1ccc2c(c1)nc(-c1ccc(OCCF)cc1)c1cc(NC(=O)OC(C)(C)C)ccc12. The maximum atomic E-state index is 12.5. The summed E-state index contributed by atoms with van der Waals surface area (Å²) in [6, 6.07) is 18.2. The van der Waals surface area contributed by atoms with Crippen molar-refractivity contribution in [3.8, 4) is 17.0 Å². The Bertz CT molecular complexity index is 1540. The Labute approximate surface area is 232 Å². The number of hydrogen-bond donors (Lipinski definition) is 2. The van der Waals surface area contributed by atoms with Crippen molar-refractivity contribution in [2.45, 2.75) is 52.7 Å².